The summed E-state index contributed by atoms with van der Waals surface area (Å²) in [5, 5.41) is 0. The van der Waals surface area contributed by atoms with Crippen molar-refractivity contribution >= 4 is 0 Å². The van der Waals surface area contributed by atoms with E-state index in [4.69, 9.17) is 18.9 Å². The van der Waals surface area contributed by atoms with Gasteiger partial charge >= 0.3 is 0 Å². The second-order valence-corrected chi connectivity index (χ2v) is 6.08. The molecule has 0 radical (unpaired) electrons. The lowest BCUT2D eigenvalue weighted by molar-refractivity contribution is -0.111. The number of ether oxygens (including phenoxy) is 4. The molecule has 120 valence electrons. The third-order valence-electron chi connectivity index (χ3n) is 4.65. The molecule has 3 aliphatic heterocycles. The van der Waals surface area contributed by atoms with Crippen LogP contribution in [0.15, 0.2) is 18.2 Å². The smallest absolute Gasteiger partial charge is 0.173 e. The lowest BCUT2D eigenvalue weighted by Gasteiger charge is -2.38. The van der Waals surface area contributed by atoms with Gasteiger partial charge in [0.05, 0.1) is 19.3 Å². The summed E-state index contributed by atoms with van der Waals surface area (Å²) < 4.78 is 23.0. The molecule has 0 spiro atoms. The van der Waals surface area contributed by atoms with Gasteiger partial charge in [-0.05, 0) is 25.5 Å². The van der Waals surface area contributed by atoms with Crippen molar-refractivity contribution in [2.24, 2.45) is 0 Å². The number of hydrogen-bond acceptors (Lipinski definition) is 5. The molecule has 1 atom stereocenters. The summed E-state index contributed by atoms with van der Waals surface area (Å²) >= 11 is 0. The van der Waals surface area contributed by atoms with Gasteiger partial charge in [0.2, 0.25) is 0 Å². The molecule has 22 heavy (non-hydrogen) atoms. The van der Waals surface area contributed by atoms with Gasteiger partial charge in [0.15, 0.2) is 17.8 Å². The molecule has 5 nitrogen and oxygen atoms in total. The van der Waals surface area contributed by atoms with E-state index in [-0.39, 0.29) is 6.29 Å². The first-order valence-electron chi connectivity index (χ1n) is 8.26. The topological polar surface area (TPSA) is 40.2 Å². The fraction of sp³-hybridized carbons (Fsp3) is 0.647. The summed E-state index contributed by atoms with van der Waals surface area (Å²) in [6, 6.07) is 6.51. The van der Waals surface area contributed by atoms with Crippen molar-refractivity contribution in [3.05, 3.63) is 23.8 Å². The Labute approximate surface area is 131 Å². The van der Waals surface area contributed by atoms with Gasteiger partial charge in [-0.15, -0.1) is 0 Å². The summed E-state index contributed by atoms with van der Waals surface area (Å²) in [5.41, 5.74) is 1.20. The number of piperidine rings is 1. The first-order valence-corrected chi connectivity index (χ1v) is 8.26. The van der Waals surface area contributed by atoms with Crippen LogP contribution in [-0.4, -0.2) is 50.2 Å². The Balaban J connectivity index is 1.53. The number of hydrogen-bond donors (Lipinski definition) is 0. The Morgan fingerprint density at radius 2 is 1.86 bits per heavy atom. The number of benzene rings is 1. The second kappa shape index (κ2) is 6.44. The van der Waals surface area contributed by atoms with Gasteiger partial charge in [-0.3, -0.25) is 4.90 Å². The molecule has 1 aromatic carbocycles. The van der Waals surface area contributed by atoms with Crippen molar-refractivity contribution in [3.63, 3.8) is 0 Å². The maximum atomic E-state index is 5.84. The zero-order chi connectivity index (χ0) is 14.8. The maximum absolute atomic E-state index is 5.84. The van der Waals surface area contributed by atoms with Crippen LogP contribution in [0, 0.1) is 0 Å². The molecule has 1 unspecified atom stereocenters. The van der Waals surface area contributed by atoms with E-state index in [1.165, 1.54) is 18.4 Å². The number of fused-ring (bicyclic) bond motifs is 1. The SMILES string of the molecule is c1cc(CN2CCCCC2C2OCCO2)c2c(c1)OCCO2. The van der Waals surface area contributed by atoms with Crippen LogP contribution in [-0.2, 0) is 16.0 Å². The standard InChI is InChI=1S/C17H23NO4/c1-2-7-18(14(5-1)17-21-10-11-22-17)12-13-4-3-6-15-16(13)20-9-8-19-15/h3-4,6,14,17H,1-2,5,7-12H2. The fourth-order valence-electron chi connectivity index (χ4n) is 3.60. The van der Waals surface area contributed by atoms with Crippen LogP contribution in [0.4, 0.5) is 0 Å². The lowest BCUT2D eigenvalue weighted by atomic mass is 10.00. The molecule has 0 saturated carbocycles. The highest BCUT2D eigenvalue weighted by molar-refractivity contribution is 5.47. The summed E-state index contributed by atoms with van der Waals surface area (Å²) in [7, 11) is 0. The molecule has 0 aromatic heterocycles. The van der Waals surface area contributed by atoms with Crippen LogP contribution in [0.25, 0.3) is 0 Å². The third-order valence-corrected chi connectivity index (χ3v) is 4.65. The minimum atomic E-state index is -0.0722. The van der Waals surface area contributed by atoms with Crippen molar-refractivity contribution in [2.45, 2.75) is 38.1 Å². The van der Waals surface area contributed by atoms with Crippen molar-refractivity contribution in [1.29, 1.82) is 0 Å². The molecule has 1 aromatic rings. The van der Waals surface area contributed by atoms with Crippen molar-refractivity contribution in [3.8, 4) is 11.5 Å². The molecule has 0 amide bonds. The first kappa shape index (κ1) is 14.3. The van der Waals surface area contributed by atoms with Gasteiger partial charge in [0.1, 0.15) is 13.2 Å². The average molecular weight is 305 g/mol. The highest BCUT2D eigenvalue weighted by Gasteiger charge is 2.34. The van der Waals surface area contributed by atoms with E-state index in [1.807, 2.05) is 12.1 Å². The van der Waals surface area contributed by atoms with E-state index in [0.29, 0.717) is 32.5 Å². The lowest BCUT2D eigenvalue weighted by Crippen LogP contribution is -2.46. The van der Waals surface area contributed by atoms with Gasteiger partial charge < -0.3 is 18.9 Å². The van der Waals surface area contributed by atoms with Crippen molar-refractivity contribution < 1.29 is 18.9 Å². The molecular formula is C17H23NO4. The van der Waals surface area contributed by atoms with Crippen LogP contribution in [0.1, 0.15) is 24.8 Å². The van der Waals surface area contributed by atoms with Crippen LogP contribution in [0.3, 0.4) is 0 Å². The fourth-order valence-corrected chi connectivity index (χ4v) is 3.60. The Hall–Kier alpha value is -1.30. The minimum Gasteiger partial charge on any atom is -0.486 e. The summed E-state index contributed by atoms with van der Waals surface area (Å²) in [4.78, 5) is 2.48. The Morgan fingerprint density at radius 1 is 1.00 bits per heavy atom. The molecule has 2 saturated heterocycles. The number of rotatable bonds is 3. The predicted octanol–water partition coefficient (Wildman–Crippen LogP) is 2.19. The van der Waals surface area contributed by atoms with E-state index in [0.717, 1.165) is 31.0 Å². The Morgan fingerprint density at radius 3 is 2.77 bits per heavy atom. The highest BCUT2D eigenvalue weighted by atomic mass is 16.7. The molecule has 4 rings (SSSR count). The summed E-state index contributed by atoms with van der Waals surface area (Å²) in [6.45, 7) is 4.63. The quantitative estimate of drug-likeness (QED) is 0.856. The molecule has 3 aliphatic rings. The summed E-state index contributed by atoms with van der Waals surface area (Å²) in [5.74, 6) is 1.78. The van der Waals surface area contributed by atoms with Crippen LogP contribution in [0.2, 0.25) is 0 Å². The molecular weight excluding hydrogens is 282 g/mol. The van der Waals surface area contributed by atoms with Crippen LogP contribution < -0.4 is 9.47 Å². The molecule has 0 aliphatic carbocycles. The average Bonchev–Trinajstić information content (AvgIpc) is 3.10. The van der Waals surface area contributed by atoms with Gasteiger partial charge in [0.25, 0.3) is 0 Å². The molecule has 5 heteroatoms. The Kier molecular flexibility index (Phi) is 4.19. The molecule has 3 heterocycles. The summed E-state index contributed by atoms with van der Waals surface area (Å²) in [6.07, 6.45) is 3.54. The van der Waals surface area contributed by atoms with Gasteiger partial charge in [-0.2, -0.15) is 0 Å². The molecule has 0 N–H and O–H groups in total. The van der Waals surface area contributed by atoms with Gasteiger partial charge in [0, 0.05) is 12.1 Å². The van der Waals surface area contributed by atoms with E-state index < -0.39 is 0 Å². The van der Waals surface area contributed by atoms with Gasteiger partial charge in [-0.25, -0.2) is 0 Å². The van der Waals surface area contributed by atoms with Gasteiger partial charge in [-0.1, -0.05) is 18.6 Å². The predicted molar refractivity (Wildman–Crippen MR) is 81.2 cm³/mol. The number of likely N-dealkylation sites (tertiary alicyclic amines) is 1. The second-order valence-electron chi connectivity index (χ2n) is 6.08. The first-order chi connectivity index (χ1) is 10.9. The molecule has 0 bridgehead atoms. The van der Waals surface area contributed by atoms with E-state index in [1.54, 1.807) is 0 Å². The van der Waals surface area contributed by atoms with E-state index in [2.05, 4.69) is 11.0 Å². The van der Waals surface area contributed by atoms with E-state index >= 15 is 0 Å². The zero-order valence-corrected chi connectivity index (χ0v) is 12.8. The largest absolute Gasteiger partial charge is 0.486 e. The van der Waals surface area contributed by atoms with Crippen LogP contribution in [0.5, 0.6) is 11.5 Å². The van der Waals surface area contributed by atoms with Crippen molar-refractivity contribution in [1.82, 2.24) is 4.90 Å². The monoisotopic (exact) mass is 305 g/mol. The highest BCUT2D eigenvalue weighted by Crippen LogP contribution is 2.35. The van der Waals surface area contributed by atoms with Crippen molar-refractivity contribution in [2.75, 3.05) is 33.0 Å². The normalized spacial score (nSPS) is 26.3. The van der Waals surface area contributed by atoms with Crippen LogP contribution >= 0.6 is 0 Å². The number of para-hydroxylation sites is 1. The molecule has 2 fully saturated rings. The third kappa shape index (κ3) is 2.81. The maximum Gasteiger partial charge on any atom is 0.173 e. The van der Waals surface area contributed by atoms with E-state index in [9.17, 15) is 0 Å². The minimum absolute atomic E-state index is 0.0722. The number of nitrogens with zero attached hydrogens (tertiary/aromatic N) is 1. The zero-order valence-electron chi connectivity index (χ0n) is 12.8. The Bertz CT molecular complexity index is 515.